The van der Waals surface area contributed by atoms with Crippen LogP contribution < -0.4 is 0 Å². The van der Waals surface area contributed by atoms with Gasteiger partial charge in [-0.3, -0.25) is 9.36 Å². The van der Waals surface area contributed by atoms with E-state index in [1.807, 2.05) is 23.8 Å². The van der Waals surface area contributed by atoms with Gasteiger partial charge in [0.1, 0.15) is 5.82 Å². The first-order valence-corrected chi connectivity index (χ1v) is 7.64. The van der Waals surface area contributed by atoms with Gasteiger partial charge in [0.15, 0.2) is 5.16 Å². The lowest BCUT2D eigenvalue weighted by molar-refractivity contribution is -0.133. The maximum atomic E-state index is 10.6. The molecule has 2 heterocycles. The van der Waals surface area contributed by atoms with Crippen LogP contribution in [0, 0.1) is 6.92 Å². The van der Waals surface area contributed by atoms with Crippen LogP contribution in [0.2, 0.25) is 0 Å². The van der Waals surface area contributed by atoms with E-state index in [0.29, 0.717) is 11.7 Å². The molecule has 0 radical (unpaired) electrons. The summed E-state index contributed by atoms with van der Waals surface area (Å²) in [5.41, 5.74) is 0.953. The summed E-state index contributed by atoms with van der Waals surface area (Å²) in [5.74, 6) is -0.0292. The summed E-state index contributed by atoms with van der Waals surface area (Å²) in [7, 11) is 0. The zero-order chi connectivity index (χ0) is 13.8. The maximum absolute atomic E-state index is 10.6. The van der Waals surface area contributed by atoms with Crippen LogP contribution in [0.3, 0.4) is 0 Å². The zero-order valence-corrected chi connectivity index (χ0v) is 12.3. The number of carbonyl (C=O) groups is 1. The number of carboxylic acid groups (broad SMARTS) is 1. The van der Waals surface area contributed by atoms with Gasteiger partial charge >= 0.3 is 5.97 Å². The molecule has 0 fully saturated rings. The second-order valence-electron chi connectivity index (χ2n) is 3.88. The average molecular weight is 298 g/mol. The summed E-state index contributed by atoms with van der Waals surface area (Å²) in [6.45, 7) is 4.54. The Morgan fingerprint density at radius 3 is 2.89 bits per heavy atom. The summed E-state index contributed by atoms with van der Waals surface area (Å²) < 4.78 is 1.93. The van der Waals surface area contributed by atoms with E-state index < -0.39 is 5.97 Å². The van der Waals surface area contributed by atoms with Crippen molar-refractivity contribution in [1.29, 1.82) is 0 Å². The van der Waals surface area contributed by atoms with Crippen LogP contribution in [0.1, 0.15) is 23.4 Å². The molecule has 0 unspecified atom stereocenters. The number of aryl methyl sites for hydroxylation is 2. The van der Waals surface area contributed by atoms with Crippen LogP contribution in [0.4, 0.5) is 0 Å². The van der Waals surface area contributed by atoms with Gasteiger partial charge in [0.25, 0.3) is 0 Å². The first kappa shape index (κ1) is 14.0. The number of nitrogens with zero attached hydrogens (tertiary/aromatic N) is 4. The highest BCUT2D eigenvalue weighted by molar-refractivity contribution is 7.99. The highest BCUT2D eigenvalue weighted by atomic mass is 32.2. The van der Waals surface area contributed by atoms with Gasteiger partial charge in [0, 0.05) is 11.8 Å². The van der Waals surface area contributed by atoms with Crippen molar-refractivity contribution >= 4 is 29.1 Å². The molecule has 0 aliphatic rings. The van der Waals surface area contributed by atoms with E-state index in [1.54, 1.807) is 11.3 Å². The lowest BCUT2D eigenvalue weighted by Crippen LogP contribution is -2.07. The summed E-state index contributed by atoms with van der Waals surface area (Å²) in [4.78, 5) is 15.0. The Morgan fingerprint density at radius 2 is 2.32 bits per heavy atom. The fraction of sp³-hybridized carbons (Fsp3) is 0.455. The Bertz CT molecular complexity index is 579. The summed E-state index contributed by atoms with van der Waals surface area (Å²) in [6.07, 6.45) is 0.754. The number of thioether (sulfide) groups is 1. The maximum Gasteiger partial charge on any atom is 0.313 e. The predicted molar refractivity (Wildman–Crippen MR) is 73.7 cm³/mol. The van der Waals surface area contributed by atoms with E-state index in [4.69, 9.17) is 5.11 Å². The molecule has 102 valence electrons. The van der Waals surface area contributed by atoms with E-state index in [-0.39, 0.29) is 5.75 Å². The van der Waals surface area contributed by atoms with Crippen LogP contribution in [-0.4, -0.2) is 36.6 Å². The normalized spacial score (nSPS) is 10.8. The predicted octanol–water partition coefficient (Wildman–Crippen LogP) is 1.83. The number of hydrogen-bond donors (Lipinski definition) is 1. The Balaban J connectivity index is 2.20. The second-order valence-corrected chi connectivity index (χ2v) is 5.88. The summed E-state index contributed by atoms with van der Waals surface area (Å²) in [5, 5.41) is 20.5. The largest absolute Gasteiger partial charge is 0.481 e. The van der Waals surface area contributed by atoms with E-state index in [0.717, 1.165) is 22.9 Å². The van der Waals surface area contributed by atoms with Crippen molar-refractivity contribution in [3.8, 4) is 0 Å². The molecule has 1 N–H and O–H groups in total. The van der Waals surface area contributed by atoms with Gasteiger partial charge in [0.2, 0.25) is 0 Å². The van der Waals surface area contributed by atoms with Crippen molar-refractivity contribution in [1.82, 2.24) is 19.7 Å². The van der Waals surface area contributed by atoms with E-state index in [1.165, 1.54) is 11.8 Å². The molecule has 0 bridgehead atoms. The molecule has 19 heavy (non-hydrogen) atoms. The number of aliphatic carboxylic acids is 1. The molecule has 0 amide bonds. The molecule has 0 aromatic carbocycles. The van der Waals surface area contributed by atoms with Crippen molar-refractivity contribution in [3.63, 3.8) is 0 Å². The fourth-order valence-corrected chi connectivity index (χ4v) is 2.90. The van der Waals surface area contributed by atoms with Crippen molar-refractivity contribution in [2.24, 2.45) is 0 Å². The van der Waals surface area contributed by atoms with Gasteiger partial charge in [-0.25, -0.2) is 4.98 Å². The number of aromatic nitrogens is 4. The molecule has 0 spiro atoms. The van der Waals surface area contributed by atoms with Crippen LogP contribution >= 0.6 is 23.1 Å². The quantitative estimate of drug-likeness (QED) is 0.819. The molecule has 0 aliphatic carbocycles. The highest BCUT2D eigenvalue weighted by Crippen LogP contribution is 2.19. The van der Waals surface area contributed by atoms with Crippen molar-refractivity contribution in [2.45, 2.75) is 32.0 Å². The summed E-state index contributed by atoms with van der Waals surface area (Å²) in [6, 6.07) is 0. The number of hydrogen-bond acceptors (Lipinski definition) is 6. The number of thiazole rings is 1. The molecule has 0 atom stereocenters. The van der Waals surface area contributed by atoms with Gasteiger partial charge in [-0.2, -0.15) is 0 Å². The van der Waals surface area contributed by atoms with E-state index in [9.17, 15) is 4.79 Å². The fourth-order valence-electron chi connectivity index (χ4n) is 1.62. The van der Waals surface area contributed by atoms with Crippen molar-refractivity contribution < 1.29 is 9.90 Å². The SMILES string of the molecule is CCc1nnc(SCC(=O)O)n1Cc1csc(C)n1. The third-order valence-corrected chi connectivity index (χ3v) is 4.19. The van der Waals surface area contributed by atoms with E-state index >= 15 is 0 Å². The van der Waals surface area contributed by atoms with Gasteiger partial charge in [-0.05, 0) is 6.92 Å². The second kappa shape index (κ2) is 6.16. The molecule has 2 aromatic rings. The van der Waals surface area contributed by atoms with Crippen LogP contribution in [-0.2, 0) is 17.8 Å². The Hall–Kier alpha value is -1.41. The minimum atomic E-state index is -0.859. The molecule has 0 saturated heterocycles. The standard InChI is InChI=1S/C11H14N4O2S2/c1-3-9-13-14-11(19-6-10(16)17)15(9)4-8-5-18-7(2)12-8/h5H,3-4,6H2,1-2H3,(H,16,17). The zero-order valence-electron chi connectivity index (χ0n) is 10.7. The average Bonchev–Trinajstić information content (AvgIpc) is 2.94. The molecule has 0 saturated carbocycles. The van der Waals surface area contributed by atoms with Crippen LogP contribution in [0.5, 0.6) is 0 Å². The van der Waals surface area contributed by atoms with Gasteiger partial charge in [-0.15, -0.1) is 21.5 Å². The lowest BCUT2D eigenvalue weighted by Gasteiger charge is -2.06. The lowest BCUT2D eigenvalue weighted by atomic mass is 10.4. The van der Waals surface area contributed by atoms with E-state index in [2.05, 4.69) is 15.2 Å². The molecular formula is C11H14N4O2S2. The molecule has 2 rings (SSSR count). The number of rotatable bonds is 6. The topological polar surface area (TPSA) is 80.9 Å². The third-order valence-electron chi connectivity index (χ3n) is 2.42. The summed E-state index contributed by atoms with van der Waals surface area (Å²) >= 11 is 2.78. The molecule has 8 heteroatoms. The van der Waals surface area contributed by atoms with Gasteiger partial charge < -0.3 is 5.11 Å². The first-order valence-electron chi connectivity index (χ1n) is 5.77. The van der Waals surface area contributed by atoms with Gasteiger partial charge in [-0.1, -0.05) is 18.7 Å². The minimum absolute atomic E-state index is 0.0159. The van der Waals surface area contributed by atoms with Crippen molar-refractivity contribution in [2.75, 3.05) is 5.75 Å². The Kier molecular flexibility index (Phi) is 4.54. The Morgan fingerprint density at radius 1 is 1.53 bits per heavy atom. The molecule has 6 nitrogen and oxygen atoms in total. The number of carboxylic acids is 1. The third kappa shape index (κ3) is 3.54. The Labute approximate surface area is 118 Å². The van der Waals surface area contributed by atoms with Crippen LogP contribution in [0.15, 0.2) is 10.5 Å². The van der Waals surface area contributed by atoms with Gasteiger partial charge in [0.05, 0.1) is 23.0 Å². The first-order chi connectivity index (χ1) is 9.10. The smallest absolute Gasteiger partial charge is 0.313 e. The molecule has 0 aliphatic heterocycles. The van der Waals surface area contributed by atoms with Crippen LogP contribution in [0.25, 0.3) is 0 Å². The highest BCUT2D eigenvalue weighted by Gasteiger charge is 2.14. The minimum Gasteiger partial charge on any atom is -0.481 e. The monoisotopic (exact) mass is 298 g/mol. The van der Waals surface area contributed by atoms with Crippen molar-refractivity contribution in [3.05, 3.63) is 21.9 Å². The molecular weight excluding hydrogens is 284 g/mol. The molecule has 2 aromatic heterocycles.